The second-order valence-electron chi connectivity index (χ2n) is 4.22. The molecule has 0 fully saturated rings. The molecule has 0 aliphatic carbocycles. The fraction of sp³-hybridized carbons (Fsp3) is 0.333. The van der Waals surface area contributed by atoms with Gasteiger partial charge in [0.1, 0.15) is 5.75 Å². The average molecular weight is 276 g/mol. The summed E-state index contributed by atoms with van der Waals surface area (Å²) in [6.45, 7) is 0.701. The molecule has 0 amide bonds. The van der Waals surface area contributed by atoms with E-state index in [1.54, 1.807) is 11.7 Å². The second-order valence-corrected chi connectivity index (χ2v) is 5.16. The molecule has 0 unspecified atom stereocenters. The predicted octanol–water partition coefficient (Wildman–Crippen LogP) is 1.12. The first-order chi connectivity index (χ1) is 9.24. The number of rotatable bonds is 4. The van der Waals surface area contributed by atoms with Crippen LogP contribution in [0.25, 0.3) is 0 Å². The van der Waals surface area contributed by atoms with Gasteiger partial charge < -0.3 is 4.74 Å². The number of carbonyl (C=O) groups excluding carboxylic acids is 1. The second kappa shape index (κ2) is 5.00. The van der Waals surface area contributed by atoms with Crippen LogP contribution >= 0.6 is 11.8 Å². The maximum Gasteiger partial charge on any atom is 0.209 e. The molecule has 0 saturated carbocycles. The maximum atomic E-state index is 12.1. The van der Waals surface area contributed by atoms with E-state index in [0.717, 1.165) is 17.7 Å². The highest BCUT2D eigenvalue weighted by Crippen LogP contribution is 2.26. The Kier molecular flexibility index (Phi) is 3.20. The summed E-state index contributed by atoms with van der Waals surface area (Å²) in [4.78, 5) is 12.1. The molecule has 1 aliphatic rings. The summed E-state index contributed by atoms with van der Waals surface area (Å²) in [5.41, 5.74) is 1.82. The maximum absolute atomic E-state index is 12.1. The zero-order valence-corrected chi connectivity index (χ0v) is 11.2. The minimum atomic E-state index is 0.0719. The predicted molar refractivity (Wildman–Crippen MR) is 69.5 cm³/mol. The number of aromatic nitrogens is 4. The van der Waals surface area contributed by atoms with Crippen molar-refractivity contribution in [3.8, 4) is 5.75 Å². The van der Waals surface area contributed by atoms with Gasteiger partial charge in [-0.3, -0.25) is 4.79 Å². The van der Waals surface area contributed by atoms with E-state index in [-0.39, 0.29) is 5.78 Å². The molecule has 0 radical (unpaired) electrons. The lowest BCUT2D eigenvalue weighted by molar-refractivity contribution is 0.102. The smallest absolute Gasteiger partial charge is 0.209 e. The first-order valence-electron chi connectivity index (χ1n) is 5.88. The Morgan fingerprint density at radius 3 is 3.21 bits per heavy atom. The van der Waals surface area contributed by atoms with Gasteiger partial charge in [-0.1, -0.05) is 11.8 Å². The van der Waals surface area contributed by atoms with Gasteiger partial charge in [-0.15, -0.1) is 5.10 Å². The molecule has 2 aromatic rings. The number of hydrogen-bond acceptors (Lipinski definition) is 6. The van der Waals surface area contributed by atoms with Crippen molar-refractivity contribution in [1.29, 1.82) is 0 Å². The minimum absolute atomic E-state index is 0.0719. The lowest BCUT2D eigenvalue weighted by atomic mass is 10.1. The molecule has 6 nitrogen and oxygen atoms in total. The molecular formula is C12H12N4O2S. The Hall–Kier alpha value is -1.89. The molecule has 0 saturated heterocycles. The van der Waals surface area contributed by atoms with E-state index >= 15 is 0 Å². The van der Waals surface area contributed by atoms with Crippen LogP contribution in [0.1, 0.15) is 15.9 Å². The van der Waals surface area contributed by atoms with Crippen molar-refractivity contribution in [2.45, 2.75) is 11.6 Å². The van der Waals surface area contributed by atoms with Crippen molar-refractivity contribution in [2.75, 3.05) is 12.4 Å². The summed E-state index contributed by atoms with van der Waals surface area (Å²) >= 11 is 1.34. The van der Waals surface area contributed by atoms with E-state index in [1.165, 1.54) is 11.8 Å². The third-order valence-corrected chi connectivity index (χ3v) is 3.94. The van der Waals surface area contributed by atoms with Gasteiger partial charge in [0.15, 0.2) is 5.78 Å². The Morgan fingerprint density at radius 1 is 1.53 bits per heavy atom. The van der Waals surface area contributed by atoms with Crippen molar-refractivity contribution in [3.05, 3.63) is 29.3 Å². The zero-order chi connectivity index (χ0) is 13.2. The largest absolute Gasteiger partial charge is 0.493 e. The summed E-state index contributed by atoms with van der Waals surface area (Å²) in [6.07, 6.45) is 0.872. The molecule has 0 N–H and O–H groups in total. The third kappa shape index (κ3) is 2.46. The van der Waals surface area contributed by atoms with Crippen LogP contribution in [0.15, 0.2) is 23.4 Å². The van der Waals surface area contributed by atoms with Gasteiger partial charge in [0, 0.05) is 19.0 Å². The average Bonchev–Trinajstić information content (AvgIpc) is 3.03. The van der Waals surface area contributed by atoms with Crippen molar-refractivity contribution in [2.24, 2.45) is 7.05 Å². The molecule has 98 valence electrons. The number of thioether (sulfide) groups is 1. The number of fused-ring (bicyclic) bond motifs is 1. The first kappa shape index (κ1) is 12.2. The Bertz CT molecular complexity index is 626. The summed E-state index contributed by atoms with van der Waals surface area (Å²) in [7, 11) is 1.75. The van der Waals surface area contributed by atoms with Crippen LogP contribution < -0.4 is 4.74 Å². The van der Waals surface area contributed by atoms with Gasteiger partial charge >= 0.3 is 0 Å². The number of aryl methyl sites for hydroxylation is 1. The Morgan fingerprint density at radius 2 is 2.42 bits per heavy atom. The highest BCUT2D eigenvalue weighted by Gasteiger charge is 2.15. The molecule has 0 bridgehead atoms. The van der Waals surface area contributed by atoms with E-state index in [1.807, 2.05) is 18.2 Å². The summed E-state index contributed by atoms with van der Waals surface area (Å²) in [5.74, 6) is 1.29. The standard InChI is InChI=1S/C12H12N4O2S/c1-16-12(13-14-15-16)19-7-10(17)8-2-3-11-9(6-8)4-5-18-11/h2-3,6H,4-5,7H2,1H3. The monoisotopic (exact) mass is 276 g/mol. The van der Waals surface area contributed by atoms with Gasteiger partial charge in [-0.25, -0.2) is 4.68 Å². The number of carbonyl (C=O) groups is 1. The fourth-order valence-electron chi connectivity index (χ4n) is 1.92. The minimum Gasteiger partial charge on any atom is -0.493 e. The van der Waals surface area contributed by atoms with E-state index in [0.29, 0.717) is 23.1 Å². The molecule has 2 heterocycles. The van der Waals surface area contributed by atoms with Gasteiger partial charge in [0.2, 0.25) is 5.16 Å². The van der Waals surface area contributed by atoms with Crippen molar-refractivity contribution in [3.63, 3.8) is 0 Å². The van der Waals surface area contributed by atoms with Gasteiger partial charge in [-0.05, 0) is 34.2 Å². The molecule has 0 atom stereocenters. The normalized spacial score (nSPS) is 13.1. The van der Waals surface area contributed by atoms with Crippen LogP contribution in [-0.4, -0.2) is 38.4 Å². The number of hydrogen-bond donors (Lipinski definition) is 0. The molecule has 1 aromatic heterocycles. The fourth-order valence-corrected chi connectivity index (χ4v) is 2.66. The summed E-state index contributed by atoms with van der Waals surface area (Å²) in [6, 6.07) is 5.59. The topological polar surface area (TPSA) is 69.9 Å². The Labute approximate surface area is 114 Å². The van der Waals surface area contributed by atoms with Crippen LogP contribution in [0.3, 0.4) is 0 Å². The van der Waals surface area contributed by atoms with E-state index in [4.69, 9.17) is 4.74 Å². The number of nitrogens with zero attached hydrogens (tertiary/aromatic N) is 4. The van der Waals surface area contributed by atoms with Crippen molar-refractivity contribution >= 4 is 17.5 Å². The van der Waals surface area contributed by atoms with Crippen molar-refractivity contribution < 1.29 is 9.53 Å². The van der Waals surface area contributed by atoms with E-state index in [2.05, 4.69) is 15.5 Å². The highest BCUT2D eigenvalue weighted by molar-refractivity contribution is 7.99. The van der Waals surface area contributed by atoms with Crippen LogP contribution in [0.2, 0.25) is 0 Å². The zero-order valence-electron chi connectivity index (χ0n) is 10.4. The number of ether oxygens (including phenoxy) is 1. The molecular weight excluding hydrogens is 264 g/mol. The highest BCUT2D eigenvalue weighted by atomic mass is 32.2. The molecule has 3 rings (SSSR count). The number of benzene rings is 1. The van der Waals surface area contributed by atoms with E-state index in [9.17, 15) is 4.79 Å². The van der Waals surface area contributed by atoms with E-state index < -0.39 is 0 Å². The quantitative estimate of drug-likeness (QED) is 0.615. The summed E-state index contributed by atoms with van der Waals surface area (Å²) < 4.78 is 6.97. The Balaban J connectivity index is 1.69. The van der Waals surface area contributed by atoms with Crippen LogP contribution in [-0.2, 0) is 13.5 Å². The first-order valence-corrected chi connectivity index (χ1v) is 6.86. The molecule has 19 heavy (non-hydrogen) atoms. The molecule has 1 aliphatic heterocycles. The molecule has 7 heteroatoms. The van der Waals surface area contributed by atoms with Gasteiger partial charge in [0.05, 0.1) is 12.4 Å². The van der Waals surface area contributed by atoms with Gasteiger partial charge in [-0.2, -0.15) is 0 Å². The van der Waals surface area contributed by atoms with Crippen LogP contribution in [0.5, 0.6) is 5.75 Å². The lowest BCUT2D eigenvalue weighted by Gasteiger charge is -2.03. The number of ketones is 1. The number of Topliss-reactive ketones (excluding diaryl/α,β-unsaturated/α-hetero) is 1. The SMILES string of the molecule is Cn1nnnc1SCC(=O)c1ccc2c(c1)CCO2. The molecule has 0 spiro atoms. The van der Waals surface area contributed by atoms with Gasteiger partial charge in [0.25, 0.3) is 0 Å². The molecule has 1 aromatic carbocycles. The van der Waals surface area contributed by atoms with Crippen molar-refractivity contribution in [1.82, 2.24) is 20.2 Å². The van der Waals surface area contributed by atoms with Crippen LogP contribution in [0.4, 0.5) is 0 Å². The van der Waals surface area contributed by atoms with Crippen LogP contribution in [0, 0.1) is 0 Å². The lowest BCUT2D eigenvalue weighted by Crippen LogP contribution is -2.04. The number of tetrazole rings is 1. The summed E-state index contributed by atoms with van der Waals surface area (Å²) in [5, 5.41) is 11.7. The third-order valence-electron chi connectivity index (χ3n) is 2.93.